The zero-order chi connectivity index (χ0) is 9.84. The molecule has 0 aliphatic rings. The van der Waals surface area contributed by atoms with Gasteiger partial charge in [0.25, 0.3) is 0 Å². The second-order valence-corrected chi connectivity index (χ2v) is 2.34. The number of aliphatic hydroxyl groups is 1. The van der Waals surface area contributed by atoms with Gasteiger partial charge in [0.2, 0.25) is 0 Å². The third-order valence-corrected chi connectivity index (χ3v) is 1.37. The third-order valence-electron chi connectivity index (χ3n) is 1.37. The van der Waals surface area contributed by atoms with Crippen molar-refractivity contribution in [2.24, 2.45) is 0 Å². The number of carbonyl (C=O) groups excluding carboxylic acids is 1. The zero-order valence-corrected chi connectivity index (χ0v) is 9.50. The van der Waals surface area contributed by atoms with Gasteiger partial charge in [0.05, 0.1) is 6.26 Å². The van der Waals surface area contributed by atoms with Crippen molar-refractivity contribution >= 4 is 35.3 Å². The molecule has 1 rings (SSSR count). The summed E-state index contributed by atoms with van der Waals surface area (Å²) in [6.45, 7) is 0. The summed E-state index contributed by atoms with van der Waals surface area (Å²) in [6.07, 6.45) is 1.33. The average molecular weight is 207 g/mol. The molecule has 0 saturated carbocycles. The van der Waals surface area contributed by atoms with Gasteiger partial charge in [-0.15, -0.1) is 0 Å². The third kappa shape index (κ3) is 3.57. The van der Waals surface area contributed by atoms with Crippen LogP contribution in [-0.2, 0) is 0 Å². The van der Waals surface area contributed by atoms with E-state index in [2.05, 4.69) is 0 Å². The Balaban J connectivity index is 0.00000169. The van der Waals surface area contributed by atoms with Crippen molar-refractivity contribution in [2.45, 2.75) is 0 Å². The average Bonchev–Trinajstić information content (AvgIpc) is 2.03. The van der Waals surface area contributed by atoms with Crippen molar-refractivity contribution in [2.75, 3.05) is 0 Å². The molecule has 0 fully saturated rings. The molecule has 0 aliphatic heterocycles. The molecule has 0 amide bonds. The van der Waals surface area contributed by atoms with Gasteiger partial charge in [-0.25, -0.2) is 8.78 Å². The van der Waals surface area contributed by atoms with E-state index in [1.54, 1.807) is 0 Å². The van der Waals surface area contributed by atoms with Crippen LogP contribution in [0.2, 0.25) is 0 Å². The molecule has 0 heterocycles. The second-order valence-electron chi connectivity index (χ2n) is 2.34. The van der Waals surface area contributed by atoms with E-state index in [1.165, 1.54) is 0 Å². The van der Waals surface area contributed by atoms with E-state index >= 15 is 0 Å². The van der Waals surface area contributed by atoms with Crippen LogP contribution in [-0.4, -0.2) is 40.4 Å². The number of rotatable bonds is 2. The van der Waals surface area contributed by atoms with Crippen LogP contribution < -0.4 is 0 Å². The molecule has 2 nitrogen and oxygen atoms in total. The molecule has 1 aromatic rings. The fourth-order valence-corrected chi connectivity index (χ4v) is 0.860. The topological polar surface area (TPSA) is 37.3 Å². The van der Waals surface area contributed by atoms with Gasteiger partial charge in [-0.3, -0.25) is 4.79 Å². The standard InChI is InChI=1S/C9H6F2O2.Na/c10-7-3-6(4-8(11)5-7)9(13)1-2-12;/h1-5,12H;/b2-1+;. The second kappa shape index (κ2) is 5.90. The molecule has 1 N–H and O–H groups in total. The van der Waals surface area contributed by atoms with Gasteiger partial charge in [-0.05, 0) is 12.1 Å². The molecule has 0 unspecified atom stereocenters. The van der Waals surface area contributed by atoms with Crippen molar-refractivity contribution in [3.05, 3.63) is 47.7 Å². The molecular weight excluding hydrogens is 201 g/mol. The van der Waals surface area contributed by atoms with E-state index in [-0.39, 0.29) is 35.1 Å². The summed E-state index contributed by atoms with van der Waals surface area (Å²) < 4.78 is 25.1. The molecule has 5 heteroatoms. The fourth-order valence-electron chi connectivity index (χ4n) is 0.860. The van der Waals surface area contributed by atoms with Gasteiger partial charge < -0.3 is 5.11 Å². The van der Waals surface area contributed by atoms with Gasteiger partial charge in [-0.2, -0.15) is 0 Å². The van der Waals surface area contributed by atoms with Crippen LogP contribution in [0, 0.1) is 11.6 Å². The van der Waals surface area contributed by atoms with Crippen molar-refractivity contribution in [1.82, 2.24) is 0 Å². The van der Waals surface area contributed by atoms with Gasteiger partial charge in [0.1, 0.15) is 11.6 Å². The number of halogens is 2. The normalized spacial score (nSPS) is 9.86. The van der Waals surface area contributed by atoms with Crippen LogP contribution in [0.3, 0.4) is 0 Å². The first-order chi connectivity index (χ1) is 6.13. The summed E-state index contributed by atoms with van der Waals surface area (Å²) in [5.41, 5.74) is -0.136. The van der Waals surface area contributed by atoms with E-state index in [0.29, 0.717) is 12.3 Å². The number of benzene rings is 1. The quantitative estimate of drug-likeness (QED) is 0.347. The van der Waals surface area contributed by atoms with Gasteiger partial charge >= 0.3 is 0 Å². The largest absolute Gasteiger partial charge is 0.515 e. The SMILES string of the molecule is O=C(/C=C/O)c1cc(F)cc(F)c1.[Na]. The minimum absolute atomic E-state index is 0. The summed E-state index contributed by atoms with van der Waals surface area (Å²) >= 11 is 0. The van der Waals surface area contributed by atoms with Gasteiger partial charge in [0.15, 0.2) is 5.78 Å². The number of hydrogen-bond acceptors (Lipinski definition) is 2. The Morgan fingerprint density at radius 1 is 1.21 bits per heavy atom. The minimum Gasteiger partial charge on any atom is -0.515 e. The molecule has 1 aromatic carbocycles. The molecule has 0 aromatic heterocycles. The molecular formula is C9H6F2NaO2. The van der Waals surface area contributed by atoms with Crippen molar-refractivity contribution in [3.63, 3.8) is 0 Å². The zero-order valence-electron chi connectivity index (χ0n) is 7.50. The van der Waals surface area contributed by atoms with E-state index < -0.39 is 17.4 Å². The Kier molecular flexibility index (Phi) is 5.60. The summed E-state index contributed by atoms with van der Waals surface area (Å²) in [5, 5.41) is 8.25. The van der Waals surface area contributed by atoms with Crippen molar-refractivity contribution in [1.29, 1.82) is 0 Å². The van der Waals surface area contributed by atoms with Crippen molar-refractivity contribution < 1.29 is 18.7 Å². The summed E-state index contributed by atoms with van der Waals surface area (Å²) in [6, 6.07) is 2.45. The van der Waals surface area contributed by atoms with Crippen LogP contribution in [0.15, 0.2) is 30.5 Å². The van der Waals surface area contributed by atoms with Crippen LogP contribution in [0.5, 0.6) is 0 Å². The smallest absolute Gasteiger partial charge is 0.189 e. The molecule has 0 aliphatic carbocycles. The maximum Gasteiger partial charge on any atom is 0.189 e. The number of carbonyl (C=O) groups is 1. The number of hydrogen-bond donors (Lipinski definition) is 1. The molecule has 0 spiro atoms. The first-order valence-electron chi connectivity index (χ1n) is 3.44. The summed E-state index contributed by atoms with van der Waals surface area (Å²) in [5.74, 6) is -2.30. The first-order valence-corrected chi connectivity index (χ1v) is 3.44. The molecule has 0 bridgehead atoms. The number of allylic oxidation sites excluding steroid dienone is 1. The van der Waals surface area contributed by atoms with E-state index in [4.69, 9.17) is 5.11 Å². The van der Waals surface area contributed by atoms with Crippen LogP contribution in [0.1, 0.15) is 10.4 Å². The molecule has 0 atom stereocenters. The van der Waals surface area contributed by atoms with E-state index in [9.17, 15) is 13.6 Å². The molecule has 0 saturated heterocycles. The van der Waals surface area contributed by atoms with E-state index in [1.807, 2.05) is 0 Å². The Bertz CT molecular complexity index is 344. The minimum atomic E-state index is -0.824. The van der Waals surface area contributed by atoms with Crippen LogP contribution >= 0.6 is 0 Å². The van der Waals surface area contributed by atoms with Gasteiger partial charge in [-0.1, -0.05) is 0 Å². The van der Waals surface area contributed by atoms with Crippen LogP contribution in [0.4, 0.5) is 8.78 Å². The van der Waals surface area contributed by atoms with E-state index in [0.717, 1.165) is 18.2 Å². The first kappa shape index (κ1) is 13.3. The predicted octanol–water partition coefficient (Wildman–Crippen LogP) is 1.84. The number of ketones is 1. The Hall–Kier alpha value is -0.710. The van der Waals surface area contributed by atoms with Gasteiger partial charge in [0, 0.05) is 47.3 Å². The predicted molar refractivity (Wildman–Crippen MR) is 48.2 cm³/mol. The maximum atomic E-state index is 12.5. The molecule has 1 radical (unpaired) electrons. The Morgan fingerprint density at radius 3 is 2.14 bits per heavy atom. The monoisotopic (exact) mass is 207 g/mol. The number of aliphatic hydroxyl groups excluding tert-OH is 1. The van der Waals surface area contributed by atoms with Crippen LogP contribution in [0.25, 0.3) is 0 Å². The summed E-state index contributed by atoms with van der Waals surface area (Å²) in [4.78, 5) is 11.0. The molecule has 14 heavy (non-hydrogen) atoms. The Morgan fingerprint density at radius 2 is 1.71 bits per heavy atom. The molecule has 69 valence electrons. The Labute approximate surface area is 102 Å². The fraction of sp³-hybridized carbons (Fsp3) is 0. The summed E-state index contributed by atoms with van der Waals surface area (Å²) in [7, 11) is 0. The van der Waals surface area contributed by atoms with Crippen molar-refractivity contribution in [3.8, 4) is 0 Å². The maximum absolute atomic E-state index is 12.5.